The van der Waals surface area contributed by atoms with Gasteiger partial charge in [-0.05, 0) is 37.3 Å². The largest absolute Gasteiger partial charge is 0.454 e. The standard InChI is InChI=1S/C20H22ClN3O3/c1-14(20(25)22-16-5-6-18-19(12-16)27-13-26-18)23-7-9-24(10-8-23)17-4-2-3-15(21)11-17/h2-6,11-12,14H,7-10,13H2,1H3,(H,22,25)/t14-/m1/s1. The van der Waals surface area contributed by atoms with E-state index in [2.05, 4.69) is 21.2 Å². The van der Waals surface area contributed by atoms with Gasteiger partial charge in [0.2, 0.25) is 12.7 Å². The monoisotopic (exact) mass is 387 g/mol. The first-order valence-electron chi connectivity index (χ1n) is 9.05. The van der Waals surface area contributed by atoms with Crippen molar-refractivity contribution < 1.29 is 14.3 Å². The van der Waals surface area contributed by atoms with E-state index in [4.69, 9.17) is 21.1 Å². The molecule has 4 rings (SSSR count). The summed E-state index contributed by atoms with van der Waals surface area (Å²) in [5.74, 6) is 1.35. The van der Waals surface area contributed by atoms with Crippen molar-refractivity contribution in [3.8, 4) is 11.5 Å². The van der Waals surface area contributed by atoms with Crippen LogP contribution in [-0.4, -0.2) is 49.8 Å². The van der Waals surface area contributed by atoms with Crippen molar-refractivity contribution in [1.82, 2.24) is 4.90 Å². The number of piperazine rings is 1. The SMILES string of the molecule is C[C@H](C(=O)Nc1ccc2c(c1)OCO2)N1CCN(c2cccc(Cl)c2)CC1. The fourth-order valence-corrected chi connectivity index (χ4v) is 3.61. The van der Waals surface area contributed by atoms with Gasteiger partial charge in [-0.1, -0.05) is 17.7 Å². The van der Waals surface area contributed by atoms with Crippen molar-refractivity contribution in [2.24, 2.45) is 0 Å². The number of carbonyl (C=O) groups excluding carboxylic acids is 1. The molecular weight excluding hydrogens is 366 g/mol. The lowest BCUT2D eigenvalue weighted by Gasteiger charge is -2.38. The number of anilines is 2. The molecule has 0 saturated carbocycles. The first kappa shape index (κ1) is 17.9. The molecule has 2 aromatic carbocycles. The molecule has 0 radical (unpaired) electrons. The number of hydrogen-bond acceptors (Lipinski definition) is 5. The molecule has 1 amide bonds. The van der Waals surface area contributed by atoms with E-state index in [9.17, 15) is 4.79 Å². The number of carbonyl (C=O) groups is 1. The third-order valence-electron chi connectivity index (χ3n) is 5.05. The summed E-state index contributed by atoms with van der Waals surface area (Å²) in [6.07, 6.45) is 0. The van der Waals surface area contributed by atoms with E-state index in [1.54, 1.807) is 6.07 Å². The van der Waals surface area contributed by atoms with Crippen molar-refractivity contribution >= 4 is 28.9 Å². The molecular formula is C20H22ClN3O3. The summed E-state index contributed by atoms with van der Waals surface area (Å²) >= 11 is 6.09. The van der Waals surface area contributed by atoms with E-state index < -0.39 is 0 Å². The first-order valence-corrected chi connectivity index (χ1v) is 9.43. The van der Waals surface area contributed by atoms with Crippen LogP contribution < -0.4 is 19.7 Å². The smallest absolute Gasteiger partial charge is 0.241 e. The molecule has 2 heterocycles. The summed E-state index contributed by atoms with van der Waals surface area (Å²) in [4.78, 5) is 17.1. The molecule has 0 spiro atoms. The van der Waals surface area contributed by atoms with Crippen LogP contribution in [0.1, 0.15) is 6.92 Å². The van der Waals surface area contributed by atoms with Gasteiger partial charge in [0.05, 0.1) is 6.04 Å². The molecule has 1 saturated heterocycles. The molecule has 0 unspecified atom stereocenters. The number of halogens is 1. The zero-order chi connectivity index (χ0) is 18.8. The summed E-state index contributed by atoms with van der Waals surface area (Å²) in [7, 11) is 0. The van der Waals surface area contributed by atoms with E-state index in [-0.39, 0.29) is 18.7 Å². The molecule has 7 heteroatoms. The van der Waals surface area contributed by atoms with Crippen LogP contribution in [0.15, 0.2) is 42.5 Å². The highest BCUT2D eigenvalue weighted by Crippen LogP contribution is 2.34. The Morgan fingerprint density at radius 1 is 1.07 bits per heavy atom. The molecule has 0 bridgehead atoms. The van der Waals surface area contributed by atoms with E-state index in [0.717, 1.165) is 36.9 Å². The van der Waals surface area contributed by atoms with Crippen molar-refractivity contribution in [2.75, 3.05) is 43.2 Å². The Bertz CT molecular complexity index is 837. The number of hydrogen-bond donors (Lipinski definition) is 1. The maximum Gasteiger partial charge on any atom is 0.241 e. The van der Waals surface area contributed by atoms with Crippen molar-refractivity contribution in [3.05, 3.63) is 47.5 Å². The molecule has 0 aliphatic carbocycles. The molecule has 2 aliphatic rings. The first-order chi connectivity index (χ1) is 13.1. The molecule has 142 valence electrons. The molecule has 6 nitrogen and oxygen atoms in total. The second-order valence-corrected chi connectivity index (χ2v) is 7.17. The lowest BCUT2D eigenvalue weighted by atomic mass is 10.2. The van der Waals surface area contributed by atoms with Gasteiger partial charge < -0.3 is 19.7 Å². The normalized spacial score (nSPS) is 17.6. The lowest BCUT2D eigenvalue weighted by Crippen LogP contribution is -2.52. The van der Waals surface area contributed by atoms with Gasteiger partial charge in [-0.25, -0.2) is 0 Å². The van der Waals surface area contributed by atoms with Gasteiger partial charge in [0.25, 0.3) is 0 Å². The zero-order valence-electron chi connectivity index (χ0n) is 15.2. The highest BCUT2D eigenvalue weighted by atomic mass is 35.5. The fourth-order valence-electron chi connectivity index (χ4n) is 3.43. The fraction of sp³-hybridized carbons (Fsp3) is 0.350. The summed E-state index contributed by atoms with van der Waals surface area (Å²) in [5, 5.41) is 3.71. The number of benzene rings is 2. The minimum Gasteiger partial charge on any atom is -0.454 e. The van der Waals surface area contributed by atoms with E-state index in [1.165, 1.54) is 0 Å². The Labute approximate surface area is 163 Å². The number of nitrogens with one attached hydrogen (secondary N) is 1. The minimum atomic E-state index is -0.211. The minimum absolute atomic E-state index is 0.0231. The number of rotatable bonds is 4. The number of amides is 1. The zero-order valence-corrected chi connectivity index (χ0v) is 15.9. The van der Waals surface area contributed by atoms with Gasteiger partial charge in [-0.2, -0.15) is 0 Å². The number of fused-ring (bicyclic) bond motifs is 1. The molecule has 1 fully saturated rings. The third kappa shape index (κ3) is 3.96. The lowest BCUT2D eigenvalue weighted by molar-refractivity contribution is -0.120. The molecule has 27 heavy (non-hydrogen) atoms. The van der Waals surface area contributed by atoms with Gasteiger partial charge in [0, 0.05) is 48.6 Å². The van der Waals surface area contributed by atoms with Gasteiger partial charge in [-0.3, -0.25) is 9.69 Å². The van der Waals surface area contributed by atoms with Crippen LogP contribution in [0.4, 0.5) is 11.4 Å². The second kappa shape index (κ2) is 7.66. The molecule has 0 aromatic heterocycles. The third-order valence-corrected chi connectivity index (χ3v) is 5.29. The van der Waals surface area contributed by atoms with Crippen LogP contribution >= 0.6 is 11.6 Å². The average Bonchev–Trinajstić information content (AvgIpc) is 3.15. The maximum atomic E-state index is 12.7. The van der Waals surface area contributed by atoms with Crippen LogP contribution in [0.25, 0.3) is 0 Å². The Morgan fingerprint density at radius 3 is 2.63 bits per heavy atom. The van der Waals surface area contributed by atoms with Crippen molar-refractivity contribution in [3.63, 3.8) is 0 Å². The van der Waals surface area contributed by atoms with Gasteiger partial charge >= 0.3 is 0 Å². The summed E-state index contributed by atoms with van der Waals surface area (Å²) < 4.78 is 10.7. The summed E-state index contributed by atoms with van der Waals surface area (Å²) in [5.41, 5.74) is 1.84. The van der Waals surface area contributed by atoms with Crippen LogP contribution in [0.5, 0.6) is 11.5 Å². The van der Waals surface area contributed by atoms with E-state index >= 15 is 0 Å². The predicted molar refractivity (Wildman–Crippen MR) is 106 cm³/mol. The van der Waals surface area contributed by atoms with E-state index in [1.807, 2.05) is 37.3 Å². The van der Waals surface area contributed by atoms with Crippen LogP contribution in [0.2, 0.25) is 5.02 Å². The Kier molecular flexibility index (Phi) is 5.09. The average molecular weight is 388 g/mol. The summed E-state index contributed by atoms with van der Waals surface area (Å²) in [6.45, 7) is 5.53. The topological polar surface area (TPSA) is 54.0 Å². The van der Waals surface area contributed by atoms with Crippen molar-refractivity contribution in [2.45, 2.75) is 13.0 Å². The molecule has 1 N–H and O–H groups in total. The van der Waals surface area contributed by atoms with Gasteiger partial charge in [0.1, 0.15) is 0 Å². The highest BCUT2D eigenvalue weighted by Gasteiger charge is 2.26. The van der Waals surface area contributed by atoms with Crippen LogP contribution in [0.3, 0.4) is 0 Å². The Balaban J connectivity index is 1.33. The van der Waals surface area contributed by atoms with Crippen molar-refractivity contribution in [1.29, 1.82) is 0 Å². The Morgan fingerprint density at radius 2 is 1.85 bits per heavy atom. The number of ether oxygens (including phenoxy) is 2. The maximum absolute atomic E-state index is 12.7. The summed E-state index contributed by atoms with van der Waals surface area (Å²) in [6, 6.07) is 13.1. The van der Waals surface area contributed by atoms with E-state index in [0.29, 0.717) is 17.2 Å². The van der Waals surface area contributed by atoms with Crippen LogP contribution in [-0.2, 0) is 4.79 Å². The van der Waals surface area contributed by atoms with Gasteiger partial charge in [-0.15, -0.1) is 0 Å². The molecule has 1 atom stereocenters. The molecule has 2 aromatic rings. The highest BCUT2D eigenvalue weighted by molar-refractivity contribution is 6.30. The number of nitrogens with zero attached hydrogens (tertiary/aromatic N) is 2. The van der Waals surface area contributed by atoms with Gasteiger partial charge in [0.15, 0.2) is 11.5 Å². The Hall–Kier alpha value is -2.44. The quantitative estimate of drug-likeness (QED) is 0.873. The second-order valence-electron chi connectivity index (χ2n) is 6.74. The van der Waals surface area contributed by atoms with Crippen LogP contribution in [0, 0.1) is 0 Å². The predicted octanol–water partition coefficient (Wildman–Crippen LogP) is 3.22. The molecule has 2 aliphatic heterocycles.